The summed E-state index contributed by atoms with van der Waals surface area (Å²) in [6.45, 7) is 2.01. The molecule has 122 valence electrons. The molecule has 4 heteroatoms. The van der Waals surface area contributed by atoms with E-state index in [4.69, 9.17) is 10.5 Å². The minimum atomic E-state index is -0.493. The second-order valence-electron chi connectivity index (χ2n) is 6.03. The fraction of sp³-hybridized carbons (Fsp3) is 0.368. The monoisotopic (exact) mass is 314 g/mol. The Hall–Kier alpha value is -1.75. The predicted molar refractivity (Wildman–Crippen MR) is 89.5 cm³/mol. The van der Waals surface area contributed by atoms with Crippen LogP contribution in [-0.4, -0.2) is 13.6 Å². The van der Waals surface area contributed by atoms with Crippen LogP contribution in [0.5, 0.6) is 0 Å². The fourth-order valence-corrected chi connectivity index (χ4v) is 3.39. The Morgan fingerprint density at radius 3 is 2.70 bits per heavy atom. The Balaban J connectivity index is 2.03. The molecule has 0 saturated carbocycles. The van der Waals surface area contributed by atoms with Crippen LogP contribution in [0, 0.1) is 5.82 Å². The summed E-state index contributed by atoms with van der Waals surface area (Å²) >= 11 is 0. The summed E-state index contributed by atoms with van der Waals surface area (Å²) in [7, 11) is 1.95. The molecule has 2 aromatic carbocycles. The molecule has 3 nitrogen and oxygen atoms in total. The maximum absolute atomic E-state index is 13.3. The van der Waals surface area contributed by atoms with Gasteiger partial charge in [-0.1, -0.05) is 30.3 Å². The molecule has 0 saturated heterocycles. The van der Waals surface area contributed by atoms with Crippen molar-refractivity contribution in [3.05, 3.63) is 70.5 Å². The van der Waals surface area contributed by atoms with E-state index in [9.17, 15) is 4.39 Å². The van der Waals surface area contributed by atoms with Crippen molar-refractivity contribution in [3.63, 3.8) is 0 Å². The van der Waals surface area contributed by atoms with E-state index in [0.29, 0.717) is 13.2 Å². The van der Waals surface area contributed by atoms with Crippen molar-refractivity contribution >= 4 is 0 Å². The maximum Gasteiger partial charge on any atom is 0.123 e. The second-order valence-corrected chi connectivity index (χ2v) is 6.03. The molecule has 0 bridgehead atoms. The van der Waals surface area contributed by atoms with E-state index in [1.54, 1.807) is 0 Å². The van der Waals surface area contributed by atoms with Crippen LogP contribution >= 0.6 is 0 Å². The van der Waals surface area contributed by atoms with Gasteiger partial charge in [0.15, 0.2) is 0 Å². The lowest BCUT2D eigenvalue weighted by atomic mass is 9.81. The molecule has 2 aromatic rings. The van der Waals surface area contributed by atoms with E-state index in [1.165, 1.54) is 23.3 Å². The number of ether oxygens (including phenoxy) is 1. The third-order valence-corrected chi connectivity index (χ3v) is 4.58. The Bertz CT molecular complexity index is 672. The van der Waals surface area contributed by atoms with Gasteiger partial charge in [-0.25, -0.2) is 4.39 Å². The molecule has 3 rings (SSSR count). The zero-order chi connectivity index (χ0) is 16.3. The van der Waals surface area contributed by atoms with Crippen LogP contribution in [-0.2, 0) is 23.5 Å². The zero-order valence-corrected chi connectivity index (χ0v) is 13.4. The average Bonchev–Trinajstić information content (AvgIpc) is 2.95. The van der Waals surface area contributed by atoms with Gasteiger partial charge >= 0.3 is 0 Å². The summed E-state index contributed by atoms with van der Waals surface area (Å²) in [4.78, 5) is 0. The molecular weight excluding hydrogens is 291 g/mol. The number of hydrogen-bond acceptors (Lipinski definition) is 3. The standard InChI is InChI=1S/C19H23FN2O/c1-22-10-2-9-19(16-4-6-17(20)7-5-16)18-8-3-14(12-21)11-15(18)13-23-19/h3-8,11,22H,2,9-10,12-13,21H2,1H3. The highest BCUT2D eigenvalue weighted by Crippen LogP contribution is 2.45. The van der Waals surface area contributed by atoms with Crippen molar-refractivity contribution in [1.82, 2.24) is 5.32 Å². The van der Waals surface area contributed by atoms with Crippen LogP contribution in [0.2, 0.25) is 0 Å². The molecule has 1 unspecified atom stereocenters. The summed E-state index contributed by atoms with van der Waals surface area (Å²) in [6.07, 6.45) is 1.83. The minimum Gasteiger partial charge on any atom is -0.361 e. The lowest BCUT2D eigenvalue weighted by molar-refractivity contribution is -0.0128. The number of benzene rings is 2. The summed E-state index contributed by atoms with van der Waals surface area (Å²) in [5.41, 5.74) is 9.73. The van der Waals surface area contributed by atoms with Crippen molar-refractivity contribution in [3.8, 4) is 0 Å². The quantitative estimate of drug-likeness (QED) is 0.806. The van der Waals surface area contributed by atoms with Crippen molar-refractivity contribution in [2.75, 3.05) is 13.6 Å². The Labute approximate surface area is 136 Å². The highest BCUT2D eigenvalue weighted by molar-refractivity contribution is 5.45. The first-order valence-corrected chi connectivity index (χ1v) is 8.06. The van der Waals surface area contributed by atoms with Gasteiger partial charge in [0.05, 0.1) is 6.61 Å². The molecule has 3 N–H and O–H groups in total. The first-order valence-electron chi connectivity index (χ1n) is 8.06. The predicted octanol–water partition coefficient (Wildman–Crippen LogP) is 3.06. The normalized spacial score (nSPS) is 19.8. The highest BCUT2D eigenvalue weighted by atomic mass is 19.1. The number of nitrogens with one attached hydrogen (secondary N) is 1. The average molecular weight is 314 g/mol. The number of halogens is 1. The highest BCUT2D eigenvalue weighted by Gasteiger charge is 2.41. The second kappa shape index (κ2) is 6.79. The molecule has 1 atom stereocenters. The van der Waals surface area contributed by atoms with Crippen LogP contribution in [0.25, 0.3) is 0 Å². The molecule has 0 amide bonds. The molecule has 0 fully saturated rings. The van der Waals surface area contributed by atoms with E-state index in [1.807, 2.05) is 19.2 Å². The molecule has 0 spiro atoms. The number of fused-ring (bicyclic) bond motifs is 1. The fourth-order valence-electron chi connectivity index (χ4n) is 3.39. The van der Waals surface area contributed by atoms with E-state index in [0.717, 1.165) is 30.5 Å². The van der Waals surface area contributed by atoms with Gasteiger partial charge in [0.2, 0.25) is 0 Å². The molecule has 0 aliphatic carbocycles. The van der Waals surface area contributed by atoms with Gasteiger partial charge in [-0.15, -0.1) is 0 Å². The van der Waals surface area contributed by atoms with E-state index in [-0.39, 0.29) is 5.82 Å². The van der Waals surface area contributed by atoms with Gasteiger partial charge in [-0.3, -0.25) is 0 Å². The largest absolute Gasteiger partial charge is 0.361 e. The minimum absolute atomic E-state index is 0.226. The van der Waals surface area contributed by atoms with Gasteiger partial charge < -0.3 is 15.8 Å². The topological polar surface area (TPSA) is 47.3 Å². The van der Waals surface area contributed by atoms with Crippen molar-refractivity contribution in [1.29, 1.82) is 0 Å². The van der Waals surface area contributed by atoms with Gasteiger partial charge in [0.1, 0.15) is 11.4 Å². The van der Waals surface area contributed by atoms with Crippen LogP contribution < -0.4 is 11.1 Å². The number of nitrogens with two attached hydrogens (primary N) is 1. The first-order chi connectivity index (χ1) is 11.2. The molecular formula is C19H23FN2O. The number of rotatable bonds is 6. The van der Waals surface area contributed by atoms with Crippen molar-refractivity contribution in [2.24, 2.45) is 5.73 Å². The van der Waals surface area contributed by atoms with E-state index in [2.05, 4.69) is 23.5 Å². The van der Waals surface area contributed by atoms with E-state index < -0.39 is 5.60 Å². The summed E-state index contributed by atoms with van der Waals surface area (Å²) < 4.78 is 19.6. The molecule has 1 aliphatic heterocycles. The molecule has 1 aliphatic rings. The van der Waals surface area contributed by atoms with Crippen molar-refractivity contribution in [2.45, 2.75) is 31.6 Å². The molecule has 0 aromatic heterocycles. The van der Waals surface area contributed by atoms with Gasteiger partial charge in [-0.05, 0) is 60.8 Å². The Kier molecular flexibility index (Phi) is 4.76. The lowest BCUT2D eigenvalue weighted by Crippen LogP contribution is -2.28. The van der Waals surface area contributed by atoms with E-state index >= 15 is 0 Å². The maximum atomic E-state index is 13.3. The SMILES string of the molecule is CNCCCC1(c2ccc(F)cc2)OCc2cc(CN)ccc21. The Morgan fingerprint density at radius 1 is 1.22 bits per heavy atom. The van der Waals surface area contributed by atoms with Crippen LogP contribution in [0.4, 0.5) is 4.39 Å². The summed E-state index contributed by atoms with van der Waals surface area (Å²) in [6, 6.07) is 13.0. The van der Waals surface area contributed by atoms with Crippen LogP contribution in [0.3, 0.4) is 0 Å². The number of hydrogen-bond donors (Lipinski definition) is 2. The lowest BCUT2D eigenvalue weighted by Gasteiger charge is -2.30. The third kappa shape index (κ3) is 3.02. The summed E-state index contributed by atoms with van der Waals surface area (Å²) in [5.74, 6) is -0.226. The first kappa shape index (κ1) is 16.1. The molecule has 1 heterocycles. The van der Waals surface area contributed by atoms with Crippen LogP contribution in [0.1, 0.15) is 35.1 Å². The zero-order valence-electron chi connectivity index (χ0n) is 13.4. The third-order valence-electron chi connectivity index (χ3n) is 4.58. The summed E-state index contributed by atoms with van der Waals surface area (Å²) in [5, 5.41) is 3.18. The van der Waals surface area contributed by atoms with Gasteiger partial charge in [-0.2, -0.15) is 0 Å². The Morgan fingerprint density at radius 2 is 2.00 bits per heavy atom. The molecule has 23 heavy (non-hydrogen) atoms. The van der Waals surface area contributed by atoms with Crippen molar-refractivity contribution < 1.29 is 9.13 Å². The smallest absolute Gasteiger partial charge is 0.123 e. The van der Waals surface area contributed by atoms with Gasteiger partial charge in [0, 0.05) is 6.54 Å². The van der Waals surface area contributed by atoms with Gasteiger partial charge in [0.25, 0.3) is 0 Å². The molecule has 0 radical (unpaired) electrons. The van der Waals surface area contributed by atoms with Crippen LogP contribution in [0.15, 0.2) is 42.5 Å².